The molecule has 0 bridgehead atoms. The number of fused-ring (bicyclic) bond motifs is 1. The van der Waals surface area contributed by atoms with E-state index in [1.54, 1.807) is 6.20 Å². The predicted molar refractivity (Wildman–Crippen MR) is 139 cm³/mol. The van der Waals surface area contributed by atoms with E-state index in [1.165, 1.54) is 18.5 Å². The fraction of sp³-hybridized carbons (Fsp3) is 0.111. The summed E-state index contributed by atoms with van der Waals surface area (Å²) in [7, 11) is -3.93. The first-order valence-corrected chi connectivity index (χ1v) is 12.9. The van der Waals surface area contributed by atoms with E-state index in [0.717, 1.165) is 22.0 Å². The molecule has 0 saturated heterocycles. The van der Waals surface area contributed by atoms with Crippen LogP contribution in [0.5, 0.6) is 0 Å². The van der Waals surface area contributed by atoms with Gasteiger partial charge in [-0.15, -0.1) is 0 Å². The van der Waals surface area contributed by atoms with Crippen molar-refractivity contribution in [3.8, 4) is 11.4 Å². The van der Waals surface area contributed by atoms with Crippen molar-refractivity contribution in [3.05, 3.63) is 107 Å². The van der Waals surface area contributed by atoms with Gasteiger partial charge in [0.15, 0.2) is 5.82 Å². The van der Waals surface area contributed by atoms with Crippen LogP contribution < -0.4 is 21.0 Å². The van der Waals surface area contributed by atoms with Crippen LogP contribution in [-0.2, 0) is 10.0 Å². The third-order valence-electron chi connectivity index (χ3n) is 5.86. The molecule has 0 saturated carbocycles. The van der Waals surface area contributed by atoms with Gasteiger partial charge in [-0.3, -0.25) is 9.97 Å². The standard InChI is InChI=1S/C27H24N6O2S/c1-18(23-12-7-8-14-30-23)31-27-25-22(19-9-3-2-4-10-19)11-5-6-13-24(25)32-26(33-27)20-15-21(17-29-16-20)36(28,34)35/h2-10,12-18H,11H2,1H3,(H2,28,34,35)(H,31,32,33). The molecule has 0 spiro atoms. The van der Waals surface area contributed by atoms with Gasteiger partial charge in [-0.05, 0) is 48.8 Å². The molecule has 0 fully saturated rings. The SMILES string of the molecule is CC(Nc1nc(-c2cncc(S(N)(=O)=O)c2)nc2c1=C(c1ccccc1)CC=CC=2)c1ccccn1. The van der Waals surface area contributed by atoms with E-state index < -0.39 is 10.0 Å². The maximum absolute atomic E-state index is 11.9. The minimum absolute atomic E-state index is 0.102. The minimum atomic E-state index is -3.93. The van der Waals surface area contributed by atoms with Crippen molar-refractivity contribution in [3.63, 3.8) is 0 Å². The quantitative estimate of drug-likeness (QED) is 0.421. The molecule has 8 nitrogen and oxygen atoms in total. The van der Waals surface area contributed by atoms with Crippen LogP contribution >= 0.6 is 0 Å². The van der Waals surface area contributed by atoms with E-state index in [1.807, 2.05) is 55.5 Å². The summed E-state index contributed by atoms with van der Waals surface area (Å²) in [6, 6.07) is 17.2. The summed E-state index contributed by atoms with van der Waals surface area (Å²) in [5, 5.41) is 10.4. The van der Waals surface area contributed by atoms with Crippen LogP contribution in [-0.4, -0.2) is 28.4 Å². The smallest absolute Gasteiger partial charge is 0.239 e. The number of pyridine rings is 2. The Hall–Kier alpha value is -4.21. The summed E-state index contributed by atoms with van der Waals surface area (Å²) < 4.78 is 23.8. The number of allylic oxidation sites excluding steroid dienone is 2. The van der Waals surface area contributed by atoms with Gasteiger partial charge < -0.3 is 5.32 Å². The van der Waals surface area contributed by atoms with Crippen LogP contribution in [0.4, 0.5) is 5.82 Å². The van der Waals surface area contributed by atoms with Crippen LogP contribution in [0.15, 0.2) is 90.2 Å². The fourth-order valence-electron chi connectivity index (χ4n) is 4.09. The highest BCUT2D eigenvalue weighted by atomic mass is 32.2. The molecule has 1 aliphatic carbocycles. The Bertz CT molecular complexity index is 1670. The molecule has 3 heterocycles. The molecule has 1 aliphatic rings. The van der Waals surface area contributed by atoms with Crippen molar-refractivity contribution in [2.24, 2.45) is 5.14 Å². The molecule has 36 heavy (non-hydrogen) atoms. The summed E-state index contributed by atoms with van der Waals surface area (Å²) in [5.41, 5.74) is 3.46. The lowest BCUT2D eigenvalue weighted by Gasteiger charge is -2.17. The number of nitrogens with one attached hydrogen (secondary N) is 1. The van der Waals surface area contributed by atoms with Crippen LogP contribution in [0.25, 0.3) is 23.0 Å². The Kier molecular flexibility index (Phi) is 6.41. The van der Waals surface area contributed by atoms with Gasteiger partial charge in [-0.25, -0.2) is 23.5 Å². The van der Waals surface area contributed by atoms with E-state index in [2.05, 4.69) is 33.5 Å². The number of hydrogen-bond donors (Lipinski definition) is 2. The number of nitrogens with zero attached hydrogens (tertiary/aromatic N) is 4. The Morgan fingerprint density at radius 3 is 2.56 bits per heavy atom. The maximum atomic E-state index is 11.9. The van der Waals surface area contributed by atoms with Gasteiger partial charge in [0.2, 0.25) is 10.0 Å². The van der Waals surface area contributed by atoms with E-state index in [4.69, 9.17) is 15.1 Å². The summed E-state index contributed by atoms with van der Waals surface area (Å²) >= 11 is 0. The Morgan fingerprint density at radius 2 is 1.81 bits per heavy atom. The summed E-state index contributed by atoms with van der Waals surface area (Å²) in [4.78, 5) is 18.1. The largest absolute Gasteiger partial charge is 0.361 e. The summed E-state index contributed by atoms with van der Waals surface area (Å²) in [6.45, 7) is 2.01. The minimum Gasteiger partial charge on any atom is -0.361 e. The zero-order chi connectivity index (χ0) is 25.1. The van der Waals surface area contributed by atoms with Gasteiger partial charge in [0.25, 0.3) is 0 Å². The van der Waals surface area contributed by atoms with Gasteiger partial charge in [0.05, 0.1) is 17.1 Å². The van der Waals surface area contributed by atoms with Crippen LogP contribution in [0, 0.1) is 0 Å². The lowest BCUT2D eigenvalue weighted by molar-refractivity contribution is 0.597. The van der Waals surface area contributed by atoms with Crippen molar-refractivity contribution < 1.29 is 8.42 Å². The molecule has 0 amide bonds. The second kappa shape index (κ2) is 9.80. The first-order chi connectivity index (χ1) is 17.4. The molecule has 3 N–H and O–H groups in total. The fourth-order valence-corrected chi connectivity index (χ4v) is 4.59. The van der Waals surface area contributed by atoms with Crippen molar-refractivity contribution >= 4 is 27.5 Å². The molecule has 5 rings (SSSR count). The van der Waals surface area contributed by atoms with Crippen molar-refractivity contribution in [1.29, 1.82) is 0 Å². The molecule has 0 radical (unpaired) electrons. The highest BCUT2D eigenvalue weighted by Crippen LogP contribution is 2.22. The third kappa shape index (κ3) is 4.93. The van der Waals surface area contributed by atoms with E-state index >= 15 is 0 Å². The lowest BCUT2D eigenvalue weighted by Crippen LogP contribution is -2.35. The van der Waals surface area contributed by atoms with Gasteiger partial charge in [-0.1, -0.05) is 48.6 Å². The number of sulfonamides is 1. The average molecular weight is 497 g/mol. The van der Waals surface area contributed by atoms with Gasteiger partial charge >= 0.3 is 0 Å². The van der Waals surface area contributed by atoms with Crippen LogP contribution in [0.1, 0.15) is 30.6 Å². The van der Waals surface area contributed by atoms with Gasteiger partial charge in [0.1, 0.15) is 10.7 Å². The molecular weight excluding hydrogens is 472 g/mol. The second-order valence-corrected chi connectivity index (χ2v) is 9.94. The zero-order valence-corrected chi connectivity index (χ0v) is 20.4. The van der Waals surface area contributed by atoms with E-state index in [0.29, 0.717) is 29.0 Å². The molecule has 1 aromatic carbocycles. The number of aromatic nitrogens is 4. The van der Waals surface area contributed by atoms with Crippen LogP contribution in [0.2, 0.25) is 0 Å². The topological polar surface area (TPSA) is 124 Å². The number of rotatable bonds is 6. The van der Waals surface area contributed by atoms with E-state index in [-0.39, 0.29) is 10.9 Å². The first kappa shape index (κ1) is 23.5. The maximum Gasteiger partial charge on any atom is 0.239 e. The lowest BCUT2D eigenvalue weighted by atomic mass is 10.0. The number of nitrogens with two attached hydrogens (primary N) is 1. The summed E-state index contributed by atoms with van der Waals surface area (Å²) in [5.74, 6) is 0.953. The molecular formula is C27H24N6O2S. The summed E-state index contributed by atoms with van der Waals surface area (Å²) in [6.07, 6.45) is 11.2. The van der Waals surface area contributed by atoms with Gasteiger partial charge in [0, 0.05) is 29.4 Å². The molecule has 4 aromatic rings. The first-order valence-electron chi connectivity index (χ1n) is 11.4. The van der Waals surface area contributed by atoms with Crippen molar-refractivity contribution in [1.82, 2.24) is 19.9 Å². The normalized spacial score (nSPS) is 13.9. The number of hydrogen-bond acceptors (Lipinski definition) is 7. The zero-order valence-electron chi connectivity index (χ0n) is 19.5. The molecule has 0 aliphatic heterocycles. The monoisotopic (exact) mass is 496 g/mol. The Balaban J connectivity index is 1.77. The van der Waals surface area contributed by atoms with Gasteiger partial charge in [-0.2, -0.15) is 0 Å². The molecule has 9 heteroatoms. The predicted octanol–water partition coefficient (Wildman–Crippen LogP) is 2.69. The highest BCUT2D eigenvalue weighted by molar-refractivity contribution is 7.89. The second-order valence-electron chi connectivity index (χ2n) is 8.37. The number of anilines is 1. The molecule has 1 unspecified atom stereocenters. The van der Waals surface area contributed by atoms with E-state index in [9.17, 15) is 8.42 Å². The molecule has 180 valence electrons. The number of primary sulfonamides is 1. The Labute approximate surface area is 209 Å². The molecule has 1 atom stereocenters. The van der Waals surface area contributed by atoms with Crippen molar-refractivity contribution in [2.75, 3.05) is 5.32 Å². The third-order valence-corrected chi connectivity index (χ3v) is 6.74. The Morgan fingerprint density at radius 1 is 1.00 bits per heavy atom. The average Bonchev–Trinajstić information content (AvgIpc) is 3.12. The highest BCUT2D eigenvalue weighted by Gasteiger charge is 2.17. The van der Waals surface area contributed by atoms with Crippen LogP contribution in [0.3, 0.4) is 0 Å². The van der Waals surface area contributed by atoms with Crippen molar-refractivity contribution in [2.45, 2.75) is 24.3 Å². The number of benzene rings is 1. The molecule has 3 aromatic heterocycles.